The number of hydrogen-bond donors (Lipinski definition) is 1. The summed E-state index contributed by atoms with van der Waals surface area (Å²) in [6.07, 6.45) is 0.734. The van der Waals surface area contributed by atoms with Crippen LogP contribution in [0.5, 0.6) is 11.6 Å². The third-order valence-corrected chi connectivity index (χ3v) is 2.61. The fourth-order valence-corrected chi connectivity index (χ4v) is 1.65. The number of hydrogen-bond acceptors (Lipinski definition) is 5. The molecule has 0 aliphatic heterocycles. The number of carbonyl (C=O) groups is 1. The van der Waals surface area contributed by atoms with E-state index in [4.69, 9.17) is 21.4 Å². The second-order valence-electron chi connectivity index (χ2n) is 3.78. The molecule has 1 heterocycles. The molecule has 0 aliphatic rings. The fourth-order valence-electron chi connectivity index (χ4n) is 1.49. The van der Waals surface area contributed by atoms with Crippen molar-refractivity contribution in [2.75, 3.05) is 0 Å². The maximum absolute atomic E-state index is 13.0. The zero-order valence-corrected chi connectivity index (χ0v) is 10.9. The minimum Gasteiger partial charge on any atom is -0.477 e. The van der Waals surface area contributed by atoms with Crippen molar-refractivity contribution in [3.05, 3.63) is 57.0 Å². The van der Waals surface area contributed by atoms with Gasteiger partial charge in [0.15, 0.2) is 0 Å². The van der Waals surface area contributed by atoms with E-state index >= 15 is 0 Å². The molecule has 0 saturated heterocycles. The van der Waals surface area contributed by atoms with Gasteiger partial charge in [-0.3, -0.25) is 10.1 Å². The third kappa shape index (κ3) is 3.23. The molecule has 7 nitrogen and oxygen atoms in total. The van der Waals surface area contributed by atoms with Crippen molar-refractivity contribution in [2.45, 2.75) is 0 Å². The van der Waals surface area contributed by atoms with E-state index in [1.807, 2.05) is 0 Å². The minimum absolute atomic E-state index is 0.148. The Morgan fingerprint density at radius 3 is 2.76 bits per heavy atom. The van der Waals surface area contributed by atoms with Gasteiger partial charge in [-0.05, 0) is 12.1 Å². The van der Waals surface area contributed by atoms with Gasteiger partial charge in [0.2, 0.25) is 11.6 Å². The largest absolute Gasteiger partial charge is 0.477 e. The number of carboxylic acid groups (broad SMARTS) is 1. The van der Waals surface area contributed by atoms with E-state index in [9.17, 15) is 19.3 Å². The standard InChI is InChI=1S/C12H6ClFN2O5/c13-6-1-2-9(16(19)20)10(3-6)21-11-8(12(17)18)4-7(14)5-15-11/h1-5H,(H,17,18). The van der Waals surface area contributed by atoms with Gasteiger partial charge in [-0.25, -0.2) is 14.2 Å². The molecule has 0 aliphatic carbocycles. The average Bonchev–Trinajstić information content (AvgIpc) is 2.40. The van der Waals surface area contributed by atoms with Gasteiger partial charge in [0.05, 0.1) is 11.1 Å². The number of aromatic nitrogens is 1. The molecule has 2 rings (SSSR count). The van der Waals surface area contributed by atoms with Gasteiger partial charge in [0, 0.05) is 17.2 Å². The van der Waals surface area contributed by atoms with E-state index in [1.54, 1.807) is 0 Å². The molecule has 0 fully saturated rings. The summed E-state index contributed by atoms with van der Waals surface area (Å²) >= 11 is 5.72. The number of nitrogens with zero attached hydrogens (tertiary/aromatic N) is 2. The van der Waals surface area contributed by atoms with Crippen molar-refractivity contribution in [3.8, 4) is 11.6 Å². The zero-order valence-electron chi connectivity index (χ0n) is 10.1. The predicted molar refractivity (Wildman–Crippen MR) is 69.3 cm³/mol. The van der Waals surface area contributed by atoms with Crippen LogP contribution in [0.15, 0.2) is 30.5 Å². The smallest absolute Gasteiger partial charge is 0.341 e. The summed E-state index contributed by atoms with van der Waals surface area (Å²) in [6, 6.07) is 4.21. The Morgan fingerprint density at radius 1 is 1.43 bits per heavy atom. The van der Waals surface area contributed by atoms with Gasteiger partial charge >= 0.3 is 11.7 Å². The van der Waals surface area contributed by atoms with Crippen molar-refractivity contribution in [3.63, 3.8) is 0 Å². The first kappa shape index (κ1) is 14.7. The second kappa shape index (κ2) is 5.71. The topological polar surface area (TPSA) is 103 Å². The average molecular weight is 313 g/mol. The molecule has 0 unspecified atom stereocenters. The molecule has 0 atom stereocenters. The van der Waals surface area contributed by atoms with Crippen LogP contribution in [-0.2, 0) is 0 Å². The van der Waals surface area contributed by atoms with Crippen molar-refractivity contribution < 1.29 is 24.0 Å². The molecular formula is C12H6ClFN2O5. The van der Waals surface area contributed by atoms with Crippen LogP contribution in [0, 0.1) is 15.9 Å². The Hall–Kier alpha value is -2.74. The maximum atomic E-state index is 13.0. The minimum atomic E-state index is -1.48. The first-order chi connectivity index (χ1) is 9.88. The SMILES string of the molecule is O=C(O)c1cc(F)cnc1Oc1cc(Cl)ccc1[N+](=O)[O-]. The fraction of sp³-hybridized carbons (Fsp3) is 0. The summed E-state index contributed by atoms with van der Waals surface area (Å²) < 4.78 is 18.1. The number of rotatable bonds is 4. The molecule has 2 aromatic rings. The highest BCUT2D eigenvalue weighted by atomic mass is 35.5. The Morgan fingerprint density at radius 2 is 2.14 bits per heavy atom. The van der Waals surface area contributed by atoms with Gasteiger partial charge in [-0.2, -0.15) is 0 Å². The van der Waals surface area contributed by atoms with Crippen LogP contribution < -0.4 is 4.74 Å². The van der Waals surface area contributed by atoms with Gasteiger partial charge in [-0.15, -0.1) is 0 Å². The normalized spacial score (nSPS) is 10.2. The molecule has 1 N–H and O–H groups in total. The van der Waals surface area contributed by atoms with E-state index in [0.717, 1.165) is 18.3 Å². The van der Waals surface area contributed by atoms with Crippen LogP contribution in [0.3, 0.4) is 0 Å². The maximum Gasteiger partial charge on any atom is 0.341 e. The number of carboxylic acids is 1. The van der Waals surface area contributed by atoms with E-state index in [2.05, 4.69) is 4.98 Å². The van der Waals surface area contributed by atoms with Gasteiger partial charge in [0.25, 0.3) is 0 Å². The van der Waals surface area contributed by atoms with Crippen molar-refractivity contribution >= 4 is 23.3 Å². The molecule has 0 bridgehead atoms. The van der Waals surface area contributed by atoms with Crippen molar-refractivity contribution in [1.82, 2.24) is 4.98 Å². The molecule has 0 saturated carbocycles. The highest BCUT2D eigenvalue weighted by molar-refractivity contribution is 6.30. The van der Waals surface area contributed by atoms with E-state index in [-0.39, 0.29) is 10.8 Å². The first-order valence-corrected chi connectivity index (χ1v) is 5.77. The Labute approximate surface area is 121 Å². The van der Waals surface area contributed by atoms with Crippen LogP contribution in [0.2, 0.25) is 5.02 Å². The third-order valence-electron chi connectivity index (χ3n) is 2.37. The number of ether oxygens (including phenoxy) is 1. The highest BCUT2D eigenvalue weighted by Gasteiger charge is 2.21. The Kier molecular flexibility index (Phi) is 3.99. The van der Waals surface area contributed by atoms with Gasteiger partial charge in [-0.1, -0.05) is 11.6 Å². The lowest BCUT2D eigenvalue weighted by Crippen LogP contribution is -2.04. The van der Waals surface area contributed by atoms with E-state index in [0.29, 0.717) is 6.07 Å². The van der Waals surface area contributed by atoms with Crippen LogP contribution in [-0.4, -0.2) is 21.0 Å². The lowest BCUT2D eigenvalue weighted by atomic mass is 10.2. The monoisotopic (exact) mass is 312 g/mol. The van der Waals surface area contributed by atoms with Crippen LogP contribution >= 0.6 is 11.6 Å². The molecule has 21 heavy (non-hydrogen) atoms. The number of nitro groups is 1. The summed E-state index contributed by atoms with van der Waals surface area (Å²) in [5, 5.41) is 20.0. The summed E-state index contributed by atoms with van der Waals surface area (Å²) in [5.41, 5.74) is -0.994. The van der Waals surface area contributed by atoms with Crippen molar-refractivity contribution in [2.24, 2.45) is 0 Å². The van der Waals surface area contributed by atoms with Crippen LogP contribution in [0.1, 0.15) is 10.4 Å². The molecule has 0 radical (unpaired) electrons. The summed E-state index contributed by atoms with van der Waals surface area (Å²) in [5.74, 6) is -3.13. The van der Waals surface area contributed by atoms with Crippen LogP contribution in [0.25, 0.3) is 0 Å². The van der Waals surface area contributed by atoms with Gasteiger partial charge < -0.3 is 9.84 Å². The summed E-state index contributed by atoms with van der Waals surface area (Å²) in [6.45, 7) is 0. The first-order valence-electron chi connectivity index (χ1n) is 5.39. The number of halogens is 2. The molecule has 0 amide bonds. The van der Waals surface area contributed by atoms with E-state index < -0.39 is 33.8 Å². The summed E-state index contributed by atoms with van der Waals surface area (Å²) in [4.78, 5) is 24.6. The Balaban J connectivity index is 2.50. The molecule has 0 spiro atoms. The Bertz CT molecular complexity index is 738. The lowest BCUT2D eigenvalue weighted by molar-refractivity contribution is -0.385. The zero-order chi connectivity index (χ0) is 15.6. The predicted octanol–water partition coefficient (Wildman–Crippen LogP) is 3.27. The molecule has 1 aromatic carbocycles. The van der Waals surface area contributed by atoms with Gasteiger partial charge in [0.1, 0.15) is 11.4 Å². The second-order valence-corrected chi connectivity index (χ2v) is 4.22. The number of pyridine rings is 1. The number of nitro benzene ring substituents is 1. The van der Waals surface area contributed by atoms with Crippen LogP contribution in [0.4, 0.5) is 10.1 Å². The molecular weight excluding hydrogens is 307 g/mol. The van der Waals surface area contributed by atoms with E-state index in [1.165, 1.54) is 6.07 Å². The lowest BCUT2D eigenvalue weighted by Gasteiger charge is -2.08. The molecule has 9 heteroatoms. The van der Waals surface area contributed by atoms with Crippen molar-refractivity contribution in [1.29, 1.82) is 0 Å². The summed E-state index contributed by atoms with van der Waals surface area (Å²) in [7, 11) is 0. The number of aromatic carboxylic acids is 1. The molecule has 1 aromatic heterocycles. The molecule has 108 valence electrons. The highest BCUT2D eigenvalue weighted by Crippen LogP contribution is 2.34. The quantitative estimate of drug-likeness (QED) is 0.686. The number of benzene rings is 1.